The molecular formula is C12H18N2O2. The Morgan fingerprint density at radius 3 is 2.94 bits per heavy atom. The molecule has 0 saturated heterocycles. The van der Waals surface area contributed by atoms with Gasteiger partial charge in [0.15, 0.2) is 0 Å². The lowest BCUT2D eigenvalue weighted by molar-refractivity contribution is -0.122. The standard InChI is InChI=1S/C12H18N2O2/c1-8-5-6-16-11(8)7-13-9(2)12(15)14-10-3-4-10/h5-6,9-10,13H,3-4,7H2,1-2H3,(H,14,15). The Bertz CT molecular complexity index is 369. The molecule has 1 heterocycles. The number of aryl methyl sites for hydroxylation is 1. The molecule has 1 fully saturated rings. The van der Waals surface area contributed by atoms with Crippen LogP contribution in [0.2, 0.25) is 0 Å². The molecule has 4 nitrogen and oxygen atoms in total. The summed E-state index contributed by atoms with van der Waals surface area (Å²) >= 11 is 0. The third-order valence-electron chi connectivity index (χ3n) is 2.85. The molecule has 1 aliphatic carbocycles. The van der Waals surface area contributed by atoms with Crippen LogP contribution in [0.15, 0.2) is 16.7 Å². The van der Waals surface area contributed by atoms with Crippen molar-refractivity contribution in [3.8, 4) is 0 Å². The largest absolute Gasteiger partial charge is 0.468 e. The molecule has 1 amide bonds. The zero-order chi connectivity index (χ0) is 11.5. The van der Waals surface area contributed by atoms with E-state index < -0.39 is 0 Å². The van der Waals surface area contributed by atoms with Crippen molar-refractivity contribution in [3.63, 3.8) is 0 Å². The number of nitrogens with one attached hydrogen (secondary N) is 2. The van der Waals surface area contributed by atoms with E-state index in [4.69, 9.17) is 4.42 Å². The predicted molar refractivity (Wildman–Crippen MR) is 60.9 cm³/mol. The molecule has 0 bridgehead atoms. The average Bonchev–Trinajstić information content (AvgIpc) is 2.97. The van der Waals surface area contributed by atoms with Crippen molar-refractivity contribution in [3.05, 3.63) is 23.7 Å². The lowest BCUT2D eigenvalue weighted by Crippen LogP contribution is -2.42. The van der Waals surface area contributed by atoms with Crippen molar-refractivity contribution in [2.45, 2.75) is 45.3 Å². The second kappa shape index (κ2) is 4.70. The van der Waals surface area contributed by atoms with Gasteiger partial charge in [0.2, 0.25) is 5.91 Å². The number of carbonyl (C=O) groups is 1. The minimum atomic E-state index is -0.176. The van der Waals surface area contributed by atoms with Crippen LogP contribution in [-0.2, 0) is 11.3 Å². The number of hydrogen-bond acceptors (Lipinski definition) is 3. The van der Waals surface area contributed by atoms with E-state index in [-0.39, 0.29) is 11.9 Å². The number of rotatable bonds is 5. The van der Waals surface area contributed by atoms with Crippen molar-refractivity contribution in [2.75, 3.05) is 0 Å². The monoisotopic (exact) mass is 222 g/mol. The molecule has 0 aliphatic heterocycles. The molecule has 88 valence electrons. The zero-order valence-corrected chi connectivity index (χ0v) is 9.75. The van der Waals surface area contributed by atoms with Gasteiger partial charge >= 0.3 is 0 Å². The van der Waals surface area contributed by atoms with Gasteiger partial charge in [0.25, 0.3) is 0 Å². The van der Waals surface area contributed by atoms with Gasteiger partial charge in [-0.1, -0.05) is 0 Å². The highest BCUT2D eigenvalue weighted by Gasteiger charge is 2.25. The van der Waals surface area contributed by atoms with Gasteiger partial charge in [-0.2, -0.15) is 0 Å². The van der Waals surface area contributed by atoms with Crippen molar-refractivity contribution in [1.82, 2.24) is 10.6 Å². The minimum Gasteiger partial charge on any atom is -0.468 e. The van der Waals surface area contributed by atoms with Crippen molar-refractivity contribution in [2.24, 2.45) is 0 Å². The first-order valence-corrected chi connectivity index (χ1v) is 5.73. The van der Waals surface area contributed by atoms with E-state index >= 15 is 0 Å². The van der Waals surface area contributed by atoms with Gasteiger partial charge in [0.1, 0.15) is 5.76 Å². The first kappa shape index (κ1) is 11.2. The molecule has 1 atom stereocenters. The number of furan rings is 1. The van der Waals surface area contributed by atoms with Crippen LogP contribution in [0.5, 0.6) is 0 Å². The quantitative estimate of drug-likeness (QED) is 0.790. The lowest BCUT2D eigenvalue weighted by Gasteiger charge is -2.12. The Morgan fingerprint density at radius 2 is 2.38 bits per heavy atom. The van der Waals surface area contributed by atoms with Crippen LogP contribution in [0, 0.1) is 6.92 Å². The molecule has 0 aromatic carbocycles. The highest BCUT2D eigenvalue weighted by molar-refractivity contribution is 5.81. The SMILES string of the molecule is Cc1ccoc1CNC(C)C(=O)NC1CC1. The van der Waals surface area contributed by atoms with Gasteiger partial charge in [0.05, 0.1) is 18.8 Å². The van der Waals surface area contributed by atoms with Gasteiger partial charge in [-0.05, 0) is 38.3 Å². The average molecular weight is 222 g/mol. The van der Waals surface area contributed by atoms with E-state index in [9.17, 15) is 4.79 Å². The highest BCUT2D eigenvalue weighted by atomic mass is 16.3. The summed E-state index contributed by atoms with van der Waals surface area (Å²) in [6.45, 7) is 4.46. The minimum absolute atomic E-state index is 0.0757. The van der Waals surface area contributed by atoms with Crippen LogP contribution in [0.25, 0.3) is 0 Å². The fraction of sp³-hybridized carbons (Fsp3) is 0.583. The molecular weight excluding hydrogens is 204 g/mol. The summed E-state index contributed by atoms with van der Waals surface area (Å²) in [6.07, 6.45) is 3.91. The predicted octanol–water partition coefficient (Wildman–Crippen LogP) is 1.34. The number of hydrogen-bond donors (Lipinski definition) is 2. The van der Waals surface area contributed by atoms with E-state index in [0.717, 1.165) is 24.2 Å². The summed E-state index contributed by atoms with van der Waals surface area (Å²) in [7, 11) is 0. The number of carbonyl (C=O) groups excluding carboxylic acids is 1. The second-order valence-corrected chi connectivity index (χ2v) is 4.41. The Balaban J connectivity index is 1.76. The van der Waals surface area contributed by atoms with Crippen molar-refractivity contribution < 1.29 is 9.21 Å². The molecule has 0 spiro atoms. The normalized spacial score (nSPS) is 17.1. The maximum atomic E-state index is 11.6. The summed E-state index contributed by atoms with van der Waals surface area (Å²) in [5.41, 5.74) is 1.11. The van der Waals surface area contributed by atoms with E-state index in [1.165, 1.54) is 0 Å². The van der Waals surface area contributed by atoms with Gasteiger partial charge in [-0.3, -0.25) is 10.1 Å². The lowest BCUT2D eigenvalue weighted by atomic mass is 10.2. The molecule has 0 radical (unpaired) electrons. The smallest absolute Gasteiger partial charge is 0.237 e. The van der Waals surface area contributed by atoms with Gasteiger partial charge in [0, 0.05) is 6.04 Å². The Morgan fingerprint density at radius 1 is 1.62 bits per heavy atom. The Kier molecular flexibility index (Phi) is 3.29. The molecule has 1 aromatic rings. The topological polar surface area (TPSA) is 54.3 Å². The molecule has 4 heteroatoms. The molecule has 16 heavy (non-hydrogen) atoms. The maximum Gasteiger partial charge on any atom is 0.237 e. The van der Waals surface area contributed by atoms with Crippen LogP contribution < -0.4 is 10.6 Å². The van der Waals surface area contributed by atoms with Gasteiger partial charge < -0.3 is 9.73 Å². The van der Waals surface area contributed by atoms with Crippen LogP contribution in [-0.4, -0.2) is 18.0 Å². The summed E-state index contributed by atoms with van der Waals surface area (Å²) < 4.78 is 5.29. The first-order valence-electron chi connectivity index (χ1n) is 5.73. The molecule has 1 aliphatic rings. The fourth-order valence-corrected chi connectivity index (χ4v) is 1.48. The fourth-order valence-electron chi connectivity index (χ4n) is 1.48. The second-order valence-electron chi connectivity index (χ2n) is 4.41. The van der Waals surface area contributed by atoms with Crippen molar-refractivity contribution >= 4 is 5.91 Å². The van der Waals surface area contributed by atoms with Gasteiger partial charge in [-0.15, -0.1) is 0 Å². The number of amides is 1. The van der Waals surface area contributed by atoms with Crippen LogP contribution in [0.1, 0.15) is 31.1 Å². The zero-order valence-electron chi connectivity index (χ0n) is 9.75. The molecule has 1 saturated carbocycles. The molecule has 2 N–H and O–H groups in total. The van der Waals surface area contributed by atoms with Crippen LogP contribution >= 0.6 is 0 Å². The first-order chi connectivity index (χ1) is 7.66. The summed E-state index contributed by atoms with van der Waals surface area (Å²) in [6, 6.07) is 2.17. The summed E-state index contributed by atoms with van der Waals surface area (Å²) in [5.74, 6) is 0.970. The van der Waals surface area contributed by atoms with Crippen LogP contribution in [0.3, 0.4) is 0 Å². The third-order valence-corrected chi connectivity index (χ3v) is 2.85. The van der Waals surface area contributed by atoms with Gasteiger partial charge in [-0.25, -0.2) is 0 Å². The molecule has 2 rings (SSSR count). The van der Waals surface area contributed by atoms with E-state index in [1.807, 2.05) is 19.9 Å². The summed E-state index contributed by atoms with van der Waals surface area (Å²) in [5, 5.41) is 6.12. The van der Waals surface area contributed by atoms with E-state index in [0.29, 0.717) is 12.6 Å². The summed E-state index contributed by atoms with van der Waals surface area (Å²) in [4.78, 5) is 11.6. The van der Waals surface area contributed by atoms with Crippen molar-refractivity contribution in [1.29, 1.82) is 0 Å². The Hall–Kier alpha value is -1.29. The van der Waals surface area contributed by atoms with E-state index in [2.05, 4.69) is 10.6 Å². The molecule has 1 aromatic heterocycles. The van der Waals surface area contributed by atoms with E-state index in [1.54, 1.807) is 6.26 Å². The third kappa shape index (κ3) is 2.85. The maximum absolute atomic E-state index is 11.6. The van der Waals surface area contributed by atoms with Crippen LogP contribution in [0.4, 0.5) is 0 Å². The molecule has 1 unspecified atom stereocenters. The highest BCUT2D eigenvalue weighted by Crippen LogP contribution is 2.18. The Labute approximate surface area is 95.4 Å².